The van der Waals surface area contributed by atoms with Crippen LogP contribution < -0.4 is 9.47 Å². The fraction of sp³-hybridized carbons (Fsp3) is 0.700. The summed E-state index contributed by atoms with van der Waals surface area (Å²) < 4.78 is 25.1. The average Bonchev–Trinajstić information content (AvgIpc) is 3.81. The normalized spacial score (nSPS) is 20.3. The van der Waals surface area contributed by atoms with Gasteiger partial charge >= 0.3 is 0 Å². The van der Waals surface area contributed by atoms with Crippen LogP contribution >= 0.6 is 0 Å². The van der Waals surface area contributed by atoms with Gasteiger partial charge in [0.25, 0.3) is 0 Å². The van der Waals surface area contributed by atoms with Crippen molar-refractivity contribution in [2.45, 2.75) is 169 Å². The van der Waals surface area contributed by atoms with Crippen molar-refractivity contribution in [3.8, 4) is 11.5 Å². The summed E-state index contributed by atoms with van der Waals surface area (Å²) in [7, 11) is 0. The minimum Gasteiger partial charge on any atom is -0.487 e. The number of epoxide rings is 2. The van der Waals surface area contributed by atoms with Crippen LogP contribution in [0, 0.1) is 0 Å². The molecular weight excluding hydrogens is 544 g/mol. The van der Waals surface area contributed by atoms with Crippen LogP contribution in [0.15, 0.2) is 24.3 Å². The second kappa shape index (κ2) is 12.6. The molecule has 2 aliphatic rings. The molecule has 2 aromatic rings. The highest BCUT2D eigenvalue weighted by Gasteiger charge is 2.38. The molecule has 0 amide bonds. The topological polar surface area (TPSA) is 43.5 Å². The molecule has 2 fully saturated rings. The predicted molar refractivity (Wildman–Crippen MR) is 184 cm³/mol. The standard InChI is InChI=1S/C40H62O4/c1-15-31(33-23-41-33)43-35-27(37(3,4)5)19-25(20-28(35)38(6,7)8)17-18-26-21-29(39(9,10)11)36(30(22-26)40(12,13)14)44-32(16-2)34-24-42-34/h19-22,31-34H,15-18,23-24H2,1-14H3. The summed E-state index contributed by atoms with van der Waals surface area (Å²) in [6.45, 7) is 33.7. The lowest BCUT2D eigenvalue weighted by Crippen LogP contribution is -2.28. The van der Waals surface area contributed by atoms with Crippen LogP contribution in [-0.2, 0) is 44.0 Å². The fourth-order valence-electron chi connectivity index (χ4n) is 6.12. The van der Waals surface area contributed by atoms with Gasteiger partial charge in [0.2, 0.25) is 0 Å². The Morgan fingerprint density at radius 1 is 0.545 bits per heavy atom. The van der Waals surface area contributed by atoms with Gasteiger partial charge in [0.05, 0.1) is 13.2 Å². The highest BCUT2D eigenvalue weighted by atomic mass is 16.6. The highest BCUT2D eigenvalue weighted by Crippen LogP contribution is 2.44. The number of ether oxygens (including phenoxy) is 4. The van der Waals surface area contributed by atoms with Gasteiger partial charge in [-0.05, 0) is 58.5 Å². The molecule has 0 aromatic heterocycles. The Hall–Kier alpha value is -2.04. The monoisotopic (exact) mass is 606 g/mol. The van der Waals surface area contributed by atoms with Crippen LogP contribution in [0.4, 0.5) is 0 Å². The molecule has 2 saturated heterocycles. The first-order chi connectivity index (χ1) is 20.2. The van der Waals surface area contributed by atoms with Gasteiger partial charge in [0.1, 0.15) is 35.9 Å². The van der Waals surface area contributed by atoms with Crippen LogP contribution in [0.1, 0.15) is 143 Å². The van der Waals surface area contributed by atoms with Gasteiger partial charge in [0, 0.05) is 22.3 Å². The predicted octanol–water partition coefficient (Wildman–Crippen LogP) is 9.77. The van der Waals surface area contributed by atoms with Crippen molar-refractivity contribution in [1.82, 2.24) is 0 Å². The lowest BCUT2D eigenvalue weighted by atomic mass is 9.77. The van der Waals surface area contributed by atoms with Gasteiger partial charge in [0.15, 0.2) is 0 Å². The molecular formula is C40H62O4. The highest BCUT2D eigenvalue weighted by molar-refractivity contribution is 5.53. The zero-order valence-corrected chi connectivity index (χ0v) is 30.5. The van der Waals surface area contributed by atoms with Crippen molar-refractivity contribution in [2.24, 2.45) is 0 Å². The Labute approximate surface area is 269 Å². The van der Waals surface area contributed by atoms with Crippen molar-refractivity contribution < 1.29 is 18.9 Å². The Balaban J connectivity index is 1.75. The molecule has 0 spiro atoms. The number of hydrogen-bond acceptors (Lipinski definition) is 4. The van der Waals surface area contributed by atoms with Crippen molar-refractivity contribution >= 4 is 0 Å². The molecule has 4 unspecified atom stereocenters. The third-order valence-corrected chi connectivity index (χ3v) is 9.12. The molecule has 0 radical (unpaired) electrons. The van der Waals surface area contributed by atoms with Gasteiger partial charge in [-0.15, -0.1) is 0 Å². The van der Waals surface area contributed by atoms with Crippen LogP contribution in [0.3, 0.4) is 0 Å². The zero-order valence-electron chi connectivity index (χ0n) is 30.5. The van der Waals surface area contributed by atoms with E-state index in [1.807, 2.05) is 0 Å². The minimum absolute atomic E-state index is 0.0487. The quantitative estimate of drug-likeness (QED) is 0.239. The maximum absolute atomic E-state index is 6.85. The maximum atomic E-state index is 6.85. The van der Waals surface area contributed by atoms with Gasteiger partial charge in [-0.2, -0.15) is 0 Å². The van der Waals surface area contributed by atoms with Crippen molar-refractivity contribution in [3.63, 3.8) is 0 Å². The van der Waals surface area contributed by atoms with E-state index in [2.05, 4.69) is 121 Å². The molecule has 0 bridgehead atoms. The molecule has 0 N–H and O–H groups in total. The number of benzene rings is 2. The van der Waals surface area contributed by atoms with E-state index in [4.69, 9.17) is 18.9 Å². The summed E-state index contributed by atoms with van der Waals surface area (Å²) in [5, 5.41) is 0. The molecule has 0 aliphatic carbocycles. The van der Waals surface area contributed by atoms with E-state index in [9.17, 15) is 0 Å². The van der Waals surface area contributed by atoms with E-state index >= 15 is 0 Å². The van der Waals surface area contributed by atoms with Crippen LogP contribution in [0.5, 0.6) is 11.5 Å². The van der Waals surface area contributed by atoms with Crippen molar-refractivity contribution in [3.05, 3.63) is 57.6 Å². The van der Waals surface area contributed by atoms with Gasteiger partial charge in [-0.3, -0.25) is 0 Å². The van der Waals surface area contributed by atoms with Crippen LogP contribution in [0.2, 0.25) is 0 Å². The molecule has 246 valence electrons. The average molecular weight is 607 g/mol. The number of rotatable bonds is 11. The van der Waals surface area contributed by atoms with Crippen molar-refractivity contribution in [2.75, 3.05) is 13.2 Å². The second-order valence-electron chi connectivity index (χ2n) is 17.4. The molecule has 4 nitrogen and oxygen atoms in total. The summed E-state index contributed by atoms with van der Waals surface area (Å²) in [6, 6.07) is 9.66. The number of aryl methyl sites for hydroxylation is 2. The maximum Gasteiger partial charge on any atom is 0.127 e. The van der Waals surface area contributed by atoms with E-state index in [-0.39, 0.29) is 46.1 Å². The molecule has 2 aromatic carbocycles. The number of hydrogen-bond donors (Lipinski definition) is 0. The van der Waals surface area contributed by atoms with Gasteiger partial charge < -0.3 is 18.9 Å². The SMILES string of the molecule is CCC(Oc1c(C(C)(C)C)cc(CCc2cc(C(C)(C)C)c(OC(CC)C3CO3)c(C(C)(C)C)c2)cc1C(C)(C)C)C1CO1. The first kappa shape index (κ1) is 34.8. The Morgan fingerprint density at radius 3 is 0.977 bits per heavy atom. The fourth-order valence-corrected chi connectivity index (χ4v) is 6.12. The first-order valence-electron chi connectivity index (χ1n) is 17.2. The van der Waals surface area contributed by atoms with Crippen LogP contribution in [0.25, 0.3) is 0 Å². The van der Waals surface area contributed by atoms with E-state index in [0.717, 1.165) is 50.4 Å². The zero-order chi connectivity index (χ0) is 32.8. The van der Waals surface area contributed by atoms with E-state index in [1.165, 1.54) is 33.4 Å². The molecule has 4 atom stereocenters. The Bertz CT molecular complexity index is 1120. The smallest absolute Gasteiger partial charge is 0.127 e. The molecule has 2 aliphatic heterocycles. The largest absolute Gasteiger partial charge is 0.487 e. The van der Waals surface area contributed by atoms with Gasteiger partial charge in [-0.25, -0.2) is 0 Å². The third kappa shape index (κ3) is 8.40. The summed E-state index contributed by atoms with van der Waals surface area (Å²) in [4.78, 5) is 0. The molecule has 4 heteroatoms. The van der Waals surface area contributed by atoms with E-state index in [0.29, 0.717) is 0 Å². The summed E-state index contributed by atoms with van der Waals surface area (Å²) in [5.41, 5.74) is 7.72. The van der Waals surface area contributed by atoms with E-state index in [1.54, 1.807) is 0 Å². The summed E-state index contributed by atoms with van der Waals surface area (Å²) >= 11 is 0. The second-order valence-corrected chi connectivity index (χ2v) is 17.4. The Kier molecular flexibility index (Phi) is 10.00. The minimum atomic E-state index is -0.0487. The van der Waals surface area contributed by atoms with E-state index < -0.39 is 0 Å². The molecule has 44 heavy (non-hydrogen) atoms. The van der Waals surface area contributed by atoms with Crippen LogP contribution in [-0.4, -0.2) is 37.6 Å². The van der Waals surface area contributed by atoms with Gasteiger partial charge in [-0.1, -0.05) is 121 Å². The third-order valence-electron chi connectivity index (χ3n) is 9.12. The molecule has 2 heterocycles. The lowest BCUT2D eigenvalue weighted by Gasteiger charge is -2.33. The Morgan fingerprint density at radius 2 is 0.795 bits per heavy atom. The first-order valence-corrected chi connectivity index (χ1v) is 17.2. The lowest BCUT2D eigenvalue weighted by molar-refractivity contribution is 0.149. The van der Waals surface area contributed by atoms with Crippen molar-refractivity contribution in [1.29, 1.82) is 0 Å². The molecule has 4 rings (SSSR count). The molecule has 0 saturated carbocycles. The summed E-state index contributed by atoms with van der Waals surface area (Å²) in [6.07, 6.45) is 4.43. The summed E-state index contributed by atoms with van der Waals surface area (Å²) in [5.74, 6) is 2.13.